The number of aryl methyl sites for hydroxylation is 1. The molecule has 0 saturated carbocycles. The molecule has 0 unspecified atom stereocenters. The van der Waals surface area contributed by atoms with E-state index in [1.807, 2.05) is 54.6 Å². The molecule has 0 aliphatic rings. The number of ether oxygens (including phenoxy) is 6. The van der Waals surface area contributed by atoms with Gasteiger partial charge >= 0.3 is 0 Å². The van der Waals surface area contributed by atoms with E-state index in [2.05, 4.69) is 42.9 Å². The molecule has 49 heavy (non-hydrogen) atoms. The van der Waals surface area contributed by atoms with Gasteiger partial charge in [-0.15, -0.1) is 0 Å². The van der Waals surface area contributed by atoms with Crippen LogP contribution < -0.4 is 9.47 Å². The molecule has 4 aromatic heterocycles. The number of nitrogens with zero attached hydrogens (tertiary/aromatic N) is 4. The summed E-state index contributed by atoms with van der Waals surface area (Å²) in [6, 6.07) is 19.2. The van der Waals surface area contributed by atoms with Crippen molar-refractivity contribution in [2.75, 3.05) is 66.1 Å². The fourth-order valence-electron chi connectivity index (χ4n) is 4.93. The van der Waals surface area contributed by atoms with Gasteiger partial charge in [0.2, 0.25) is 0 Å². The van der Waals surface area contributed by atoms with E-state index < -0.39 is 0 Å². The Labute approximate surface area is 283 Å². The number of nitrogens with one attached hydrogen (secondary N) is 2. The number of aromatic nitrogens is 6. The lowest BCUT2D eigenvalue weighted by molar-refractivity contribution is -0.00700. The average molecular weight is 669 g/mol. The van der Waals surface area contributed by atoms with Crippen LogP contribution in [-0.4, -0.2) is 101 Å². The quantitative estimate of drug-likeness (QED) is 0.0952. The van der Waals surface area contributed by atoms with Gasteiger partial charge in [-0.3, -0.25) is 0 Å². The molecule has 6 aromatic rings. The number of hydrogen-bond acceptors (Lipinski definition) is 11. The Morgan fingerprint density at radius 3 is 1.49 bits per heavy atom. The Bertz CT molecular complexity index is 1890. The smallest absolute Gasteiger partial charge is 0.157 e. The third kappa shape index (κ3) is 9.81. The fourth-order valence-corrected chi connectivity index (χ4v) is 4.93. The van der Waals surface area contributed by atoms with Crippen molar-refractivity contribution in [2.45, 2.75) is 13.5 Å². The van der Waals surface area contributed by atoms with Gasteiger partial charge < -0.3 is 43.5 Å². The highest BCUT2D eigenvalue weighted by Gasteiger charge is 2.09. The second-order valence-corrected chi connectivity index (χ2v) is 11.1. The number of hydrogen-bond donors (Lipinski definition) is 3. The summed E-state index contributed by atoms with van der Waals surface area (Å²) >= 11 is 0. The highest BCUT2D eigenvalue weighted by atomic mass is 16.6. The van der Waals surface area contributed by atoms with Crippen LogP contribution in [0.3, 0.4) is 0 Å². The van der Waals surface area contributed by atoms with E-state index in [-0.39, 0.29) is 6.61 Å². The zero-order chi connectivity index (χ0) is 33.7. The van der Waals surface area contributed by atoms with Crippen molar-refractivity contribution in [3.05, 3.63) is 84.2 Å². The first kappa shape index (κ1) is 34.0. The topological polar surface area (TPSA) is 159 Å². The maximum Gasteiger partial charge on any atom is 0.157 e. The molecule has 4 heterocycles. The second kappa shape index (κ2) is 17.5. The Hall–Kier alpha value is -4.92. The molecule has 2 aromatic carbocycles. The molecule has 3 N–H and O–H groups in total. The van der Waals surface area contributed by atoms with Gasteiger partial charge in [-0.1, -0.05) is 12.1 Å². The van der Waals surface area contributed by atoms with Gasteiger partial charge in [0.05, 0.1) is 93.9 Å². The van der Waals surface area contributed by atoms with E-state index in [1.54, 1.807) is 12.4 Å². The lowest BCUT2D eigenvalue weighted by Crippen LogP contribution is -2.14. The fraction of sp³-hybridized carbons (Fsp3) is 0.333. The van der Waals surface area contributed by atoms with E-state index in [0.29, 0.717) is 89.1 Å². The van der Waals surface area contributed by atoms with Gasteiger partial charge in [-0.25, -0.2) is 19.9 Å². The van der Waals surface area contributed by atoms with Crippen molar-refractivity contribution in [3.63, 3.8) is 0 Å². The molecule has 0 fully saturated rings. The number of fused-ring (bicyclic) bond motifs is 2. The van der Waals surface area contributed by atoms with Gasteiger partial charge in [0.25, 0.3) is 0 Å². The van der Waals surface area contributed by atoms with Gasteiger partial charge in [0.15, 0.2) is 11.6 Å². The maximum absolute atomic E-state index is 9.33. The number of rotatable bonds is 20. The number of benzene rings is 2. The van der Waals surface area contributed by atoms with Crippen LogP contribution >= 0.6 is 0 Å². The zero-order valence-corrected chi connectivity index (χ0v) is 27.4. The number of H-pyrrole nitrogens is 2. The van der Waals surface area contributed by atoms with Gasteiger partial charge in [-0.2, -0.15) is 0 Å². The predicted octanol–water partition coefficient (Wildman–Crippen LogP) is 4.89. The van der Waals surface area contributed by atoms with Crippen molar-refractivity contribution in [2.24, 2.45) is 0 Å². The minimum atomic E-state index is -0.0152. The molecule has 0 aliphatic carbocycles. The molecule has 0 atom stereocenters. The molecule has 13 heteroatoms. The summed E-state index contributed by atoms with van der Waals surface area (Å²) in [5, 5.41) is 9.33. The maximum atomic E-state index is 9.33. The number of aromatic amines is 2. The number of aliphatic hydroxyl groups excluding tert-OH is 1. The van der Waals surface area contributed by atoms with Crippen LogP contribution in [0.2, 0.25) is 0 Å². The van der Waals surface area contributed by atoms with Gasteiger partial charge in [-0.05, 0) is 66.6 Å². The third-order valence-corrected chi connectivity index (χ3v) is 7.43. The van der Waals surface area contributed by atoms with Crippen molar-refractivity contribution >= 4 is 22.1 Å². The minimum absolute atomic E-state index is 0.0152. The van der Waals surface area contributed by atoms with Crippen molar-refractivity contribution in [1.29, 1.82) is 0 Å². The molecule has 0 aliphatic heterocycles. The standard InChI is InChI=1S/C36H40N6O7/c1-25-2-6-29-33(20-25)41-35(39-29)31-8-4-27(22-37-31)48-18-16-46-14-12-44-10-11-45-13-15-47-17-19-49-28-5-9-32(38-23-28)36-40-30-7-3-26(24-43)21-34(30)42-36/h2-9,20-23,43H,10-19,24H2,1H3,(H,39,41)(H,40,42). The molecule has 0 bridgehead atoms. The second-order valence-electron chi connectivity index (χ2n) is 11.1. The van der Waals surface area contributed by atoms with E-state index in [0.717, 1.165) is 39.1 Å². The molecule has 0 radical (unpaired) electrons. The van der Waals surface area contributed by atoms with Gasteiger partial charge in [0, 0.05) is 0 Å². The minimum Gasteiger partial charge on any atom is -0.490 e. The van der Waals surface area contributed by atoms with E-state index in [4.69, 9.17) is 28.4 Å². The summed E-state index contributed by atoms with van der Waals surface area (Å²) in [6.07, 6.45) is 3.35. The van der Waals surface area contributed by atoms with Crippen LogP contribution in [0, 0.1) is 6.92 Å². The van der Waals surface area contributed by atoms with E-state index >= 15 is 0 Å². The zero-order valence-electron chi connectivity index (χ0n) is 27.4. The van der Waals surface area contributed by atoms with Gasteiger partial charge in [0.1, 0.15) is 36.1 Å². The van der Waals surface area contributed by atoms with Crippen LogP contribution in [-0.2, 0) is 25.6 Å². The third-order valence-electron chi connectivity index (χ3n) is 7.43. The van der Waals surface area contributed by atoms with Crippen LogP contribution in [0.5, 0.6) is 11.5 Å². The van der Waals surface area contributed by atoms with Crippen molar-refractivity contribution in [3.8, 4) is 34.5 Å². The molecular formula is C36H40N6O7. The summed E-state index contributed by atoms with van der Waals surface area (Å²) in [7, 11) is 0. The van der Waals surface area contributed by atoms with Crippen molar-refractivity contribution in [1.82, 2.24) is 29.9 Å². The monoisotopic (exact) mass is 668 g/mol. The number of pyridine rings is 2. The highest BCUT2D eigenvalue weighted by molar-refractivity contribution is 5.80. The highest BCUT2D eigenvalue weighted by Crippen LogP contribution is 2.23. The summed E-state index contributed by atoms with van der Waals surface area (Å²) in [6.45, 7) is 6.57. The Kier molecular flexibility index (Phi) is 12.1. The first-order valence-electron chi connectivity index (χ1n) is 16.2. The molecule has 0 amide bonds. The molecule has 13 nitrogen and oxygen atoms in total. The summed E-state index contributed by atoms with van der Waals surface area (Å²) in [4.78, 5) is 24.6. The normalized spacial score (nSPS) is 11.5. The molecule has 0 saturated heterocycles. The summed E-state index contributed by atoms with van der Waals surface area (Å²) < 4.78 is 33.7. The molecule has 0 spiro atoms. The Morgan fingerprint density at radius 1 is 0.551 bits per heavy atom. The first-order valence-corrected chi connectivity index (χ1v) is 16.2. The molecule has 6 rings (SSSR count). The first-order chi connectivity index (χ1) is 24.1. The lowest BCUT2D eigenvalue weighted by Gasteiger charge is -2.09. The lowest BCUT2D eigenvalue weighted by atomic mass is 10.2. The largest absolute Gasteiger partial charge is 0.490 e. The summed E-state index contributed by atoms with van der Waals surface area (Å²) in [5.74, 6) is 2.71. The van der Waals surface area contributed by atoms with E-state index in [9.17, 15) is 5.11 Å². The van der Waals surface area contributed by atoms with Crippen LogP contribution in [0.25, 0.3) is 45.1 Å². The SMILES string of the molecule is Cc1ccc2nc(-c3ccc(OCCOCCOCCOCCOCCOc4ccc(-c5nc6ccc(CO)cc6[nH]5)nc4)cn3)[nH]c2c1. The molecule has 256 valence electrons. The van der Waals surface area contributed by atoms with Crippen molar-refractivity contribution < 1.29 is 33.5 Å². The van der Waals surface area contributed by atoms with E-state index in [1.165, 1.54) is 5.56 Å². The summed E-state index contributed by atoms with van der Waals surface area (Å²) in [5.41, 5.74) is 7.05. The number of aliphatic hydroxyl groups is 1. The van der Waals surface area contributed by atoms with Crippen LogP contribution in [0.15, 0.2) is 73.1 Å². The van der Waals surface area contributed by atoms with Crippen LogP contribution in [0.1, 0.15) is 11.1 Å². The number of imidazole rings is 2. The average Bonchev–Trinajstić information content (AvgIpc) is 3.76. The Morgan fingerprint density at radius 2 is 1.02 bits per heavy atom. The molecular weight excluding hydrogens is 628 g/mol. The Balaban J connectivity index is 0.734. The van der Waals surface area contributed by atoms with Crippen LogP contribution in [0.4, 0.5) is 0 Å². The predicted molar refractivity (Wildman–Crippen MR) is 184 cm³/mol.